The van der Waals surface area contributed by atoms with Crippen molar-refractivity contribution in [1.29, 1.82) is 0 Å². The van der Waals surface area contributed by atoms with Gasteiger partial charge in [0.1, 0.15) is 5.82 Å². The molecule has 2 rings (SSSR count). The van der Waals surface area contributed by atoms with E-state index in [1.54, 1.807) is 23.5 Å². The van der Waals surface area contributed by atoms with Crippen LogP contribution in [0.3, 0.4) is 0 Å². The van der Waals surface area contributed by atoms with Crippen LogP contribution in [-0.2, 0) is 11.8 Å². The summed E-state index contributed by atoms with van der Waals surface area (Å²) in [5.74, 6) is -0.287. The van der Waals surface area contributed by atoms with E-state index in [2.05, 4.69) is 15.9 Å². The van der Waals surface area contributed by atoms with Gasteiger partial charge in [0.05, 0.1) is 6.61 Å². The quantitative estimate of drug-likeness (QED) is 0.876. The van der Waals surface area contributed by atoms with Crippen molar-refractivity contribution in [3.63, 3.8) is 0 Å². The van der Waals surface area contributed by atoms with E-state index in [-0.39, 0.29) is 12.4 Å². The lowest BCUT2D eigenvalue weighted by molar-refractivity contribution is 0.196. The number of nitrogens with two attached hydrogens (primary N) is 1. The lowest BCUT2D eigenvalue weighted by atomic mass is 9.78. The number of aliphatic hydroxyl groups is 1. The maximum absolute atomic E-state index is 13.0. The highest BCUT2D eigenvalue weighted by atomic mass is 79.9. The topological polar surface area (TPSA) is 46.2 Å². The summed E-state index contributed by atoms with van der Waals surface area (Å²) in [6.07, 6.45) is 0.629. The molecule has 1 unspecified atom stereocenters. The van der Waals surface area contributed by atoms with Gasteiger partial charge in [-0.2, -0.15) is 0 Å². The van der Waals surface area contributed by atoms with Crippen LogP contribution in [0.4, 0.5) is 4.39 Å². The lowest BCUT2D eigenvalue weighted by Gasteiger charge is -2.31. The fraction of sp³-hybridized carbons (Fsp3) is 0.286. The van der Waals surface area contributed by atoms with Gasteiger partial charge in [-0.05, 0) is 51.5 Å². The molecule has 1 aromatic heterocycles. The van der Waals surface area contributed by atoms with Crippen LogP contribution in [0, 0.1) is 5.82 Å². The first-order valence-electron chi connectivity index (χ1n) is 5.90. The fourth-order valence-corrected chi connectivity index (χ4v) is 3.70. The second-order valence-corrected chi connectivity index (χ2v) is 6.37. The smallest absolute Gasteiger partial charge is 0.123 e. The number of benzene rings is 1. The minimum atomic E-state index is -0.568. The third kappa shape index (κ3) is 3.05. The highest BCUT2D eigenvalue weighted by Crippen LogP contribution is 2.33. The van der Waals surface area contributed by atoms with Crippen LogP contribution in [-0.4, -0.2) is 18.3 Å². The zero-order valence-corrected chi connectivity index (χ0v) is 12.7. The Balaban J connectivity index is 2.37. The molecule has 0 aliphatic heterocycles. The van der Waals surface area contributed by atoms with E-state index < -0.39 is 5.41 Å². The van der Waals surface area contributed by atoms with Crippen molar-refractivity contribution in [2.24, 2.45) is 5.73 Å². The normalized spacial score (nSPS) is 14.3. The molecule has 1 atom stereocenters. The Morgan fingerprint density at radius 2 is 1.95 bits per heavy atom. The van der Waals surface area contributed by atoms with E-state index in [1.165, 1.54) is 12.1 Å². The fourth-order valence-electron chi connectivity index (χ4n) is 2.07. The summed E-state index contributed by atoms with van der Waals surface area (Å²) in [6.45, 7) is 0.235. The van der Waals surface area contributed by atoms with Gasteiger partial charge in [0.15, 0.2) is 0 Å². The molecule has 0 aliphatic carbocycles. The molecule has 3 N–H and O–H groups in total. The van der Waals surface area contributed by atoms with Gasteiger partial charge in [-0.15, -0.1) is 11.3 Å². The third-order valence-electron chi connectivity index (χ3n) is 3.34. The molecule has 0 saturated carbocycles. The van der Waals surface area contributed by atoms with Crippen LogP contribution in [0.1, 0.15) is 10.4 Å². The zero-order valence-electron chi connectivity index (χ0n) is 10.3. The molecule has 1 aromatic carbocycles. The van der Waals surface area contributed by atoms with Crippen molar-refractivity contribution in [2.45, 2.75) is 11.8 Å². The summed E-state index contributed by atoms with van der Waals surface area (Å²) in [4.78, 5) is 1.13. The first-order valence-corrected chi connectivity index (χ1v) is 7.57. The first-order chi connectivity index (χ1) is 9.11. The lowest BCUT2D eigenvalue weighted by Crippen LogP contribution is -2.40. The molecule has 2 nitrogen and oxygen atoms in total. The summed E-state index contributed by atoms with van der Waals surface area (Å²) in [5.41, 5.74) is 6.18. The second kappa shape index (κ2) is 6.13. The molecule has 0 radical (unpaired) electrons. The second-order valence-electron chi connectivity index (χ2n) is 4.52. The van der Waals surface area contributed by atoms with Crippen LogP contribution >= 0.6 is 27.3 Å². The summed E-state index contributed by atoms with van der Waals surface area (Å²) < 4.78 is 14.0. The van der Waals surface area contributed by atoms with Crippen molar-refractivity contribution in [2.75, 3.05) is 13.2 Å². The van der Waals surface area contributed by atoms with E-state index in [4.69, 9.17) is 5.73 Å². The Hall–Kier alpha value is -0.750. The van der Waals surface area contributed by atoms with Gasteiger partial charge in [0.25, 0.3) is 0 Å². The van der Waals surface area contributed by atoms with Gasteiger partial charge in [-0.25, -0.2) is 4.39 Å². The van der Waals surface area contributed by atoms with Crippen LogP contribution in [0.25, 0.3) is 0 Å². The Bertz CT molecular complexity index is 537. The van der Waals surface area contributed by atoms with Gasteiger partial charge in [0, 0.05) is 21.3 Å². The first kappa shape index (κ1) is 14.7. The van der Waals surface area contributed by atoms with E-state index in [0.29, 0.717) is 13.0 Å². The average Bonchev–Trinajstić information content (AvgIpc) is 2.82. The molecule has 0 aliphatic rings. The zero-order chi connectivity index (χ0) is 13.9. The van der Waals surface area contributed by atoms with E-state index in [1.807, 2.05) is 11.4 Å². The maximum Gasteiger partial charge on any atom is 0.123 e. The largest absolute Gasteiger partial charge is 0.395 e. The predicted octanol–water partition coefficient (Wildman–Crippen LogP) is 3.08. The monoisotopic (exact) mass is 343 g/mol. The predicted molar refractivity (Wildman–Crippen MR) is 79.9 cm³/mol. The molecule has 5 heteroatoms. The Morgan fingerprint density at radius 1 is 1.26 bits per heavy atom. The van der Waals surface area contributed by atoms with Gasteiger partial charge in [-0.3, -0.25) is 0 Å². The van der Waals surface area contributed by atoms with Crippen molar-refractivity contribution < 1.29 is 9.50 Å². The molecular formula is C14H15BrFNOS. The van der Waals surface area contributed by atoms with Gasteiger partial charge < -0.3 is 10.8 Å². The third-order valence-corrected chi connectivity index (χ3v) is 5.27. The van der Waals surface area contributed by atoms with Crippen molar-refractivity contribution in [3.05, 3.63) is 56.4 Å². The highest BCUT2D eigenvalue weighted by Gasteiger charge is 2.31. The highest BCUT2D eigenvalue weighted by molar-refractivity contribution is 9.10. The summed E-state index contributed by atoms with van der Waals surface area (Å²) in [5, 5.41) is 11.8. The van der Waals surface area contributed by atoms with Crippen molar-refractivity contribution >= 4 is 27.3 Å². The molecule has 2 aromatic rings. The van der Waals surface area contributed by atoms with Crippen LogP contribution < -0.4 is 5.73 Å². The number of halogens is 2. The van der Waals surface area contributed by atoms with Crippen molar-refractivity contribution in [3.8, 4) is 0 Å². The summed E-state index contributed by atoms with van der Waals surface area (Å²) >= 11 is 5.11. The Morgan fingerprint density at radius 3 is 2.42 bits per heavy atom. The molecule has 102 valence electrons. The van der Waals surface area contributed by atoms with Crippen LogP contribution in [0.2, 0.25) is 0 Å². The van der Waals surface area contributed by atoms with Gasteiger partial charge in [-0.1, -0.05) is 12.1 Å². The van der Waals surface area contributed by atoms with Crippen molar-refractivity contribution in [1.82, 2.24) is 0 Å². The van der Waals surface area contributed by atoms with Gasteiger partial charge >= 0.3 is 0 Å². The van der Waals surface area contributed by atoms with E-state index in [9.17, 15) is 9.50 Å². The summed E-state index contributed by atoms with van der Waals surface area (Å²) in [6, 6.07) is 8.17. The van der Waals surface area contributed by atoms with Crippen LogP contribution in [0.15, 0.2) is 40.2 Å². The number of hydrogen-bond donors (Lipinski definition) is 2. The van der Waals surface area contributed by atoms with Crippen LogP contribution in [0.5, 0.6) is 0 Å². The molecule has 1 heterocycles. The van der Waals surface area contributed by atoms with E-state index in [0.717, 1.165) is 14.9 Å². The number of rotatable bonds is 5. The standard InChI is InChI=1S/C14H15BrFNOS/c15-12-5-6-19-13(12)7-14(8-17,9-18)10-1-3-11(16)4-2-10/h1-6,18H,7-9,17H2. The molecule has 0 amide bonds. The summed E-state index contributed by atoms with van der Waals surface area (Å²) in [7, 11) is 0. The number of thiophene rings is 1. The Kier molecular flexibility index (Phi) is 4.73. The Labute approximate surface area is 124 Å². The molecule has 0 fully saturated rings. The van der Waals surface area contributed by atoms with E-state index >= 15 is 0 Å². The molecule has 0 saturated heterocycles. The average molecular weight is 344 g/mol. The van der Waals surface area contributed by atoms with Gasteiger partial charge in [0.2, 0.25) is 0 Å². The molecule has 0 spiro atoms. The number of hydrogen-bond acceptors (Lipinski definition) is 3. The molecule has 19 heavy (non-hydrogen) atoms. The molecule has 0 bridgehead atoms. The molecular weight excluding hydrogens is 329 g/mol. The minimum absolute atomic E-state index is 0.0700. The SMILES string of the molecule is NCC(CO)(Cc1sccc1Br)c1ccc(F)cc1. The number of aliphatic hydroxyl groups excluding tert-OH is 1. The maximum atomic E-state index is 13.0. The minimum Gasteiger partial charge on any atom is -0.395 e.